The Morgan fingerprint density at radius 1 is 1.50 bits per heavy atom. The van der Waals surface area contributed by atoms with E-state index in [0.29, 0.717) is 5.54 Å². The van der Waals surface area contributed by atoms with Crippen molar-refractivity contribution in [3.63, 3.8) is 0 Å². The minimum Gasteiger partial charge on any atom is -0.301 e. The fourth-order valence-electron chi connectivity index (χ4n) is 2.70. The van der Waals surface area contributed by atoms with Crippen molar-refractivity contribution in [2.24, 2.45) is 5.92 Å². The maximum Gasteiger partial charge on any atom is 0.0769 e. The van der Waals surface area contributed by atoms with E-state index in [1.807, 2.05) is 6.92 Å². The third kappa shape index (κ3) is 2.73. The van der Waals surface area contributed by atoms with Crippen molar-refractivity contribution in [2.75, 3.05) is 27.2 Å². The fourth-order valence-corrected chi connectivity index (χ4v) is 3.41. The molecule has 0 radical (unpaired) electrons. The molecule has 102 valence electrons. The summed E-state index contributed by atoms with van der Waals surface area (Å²) in [6.07, 6.45) is 1.30. The first kappa shape index (κ1) is 13.9. The van der Waals surface area contributed by atoms with Crippen molar-refractivity contribution in [3.05, 3.63) is 10.6 Å². The predicted octanol–water partition coefficient (Wildman–Crippen LogP) is 2.01. The summed E-state index contributed by atoms with van der Waals surface area (Å²) in [4.78, 5) is 6.18. The Morgan fingerprint density at radius 3 is 2.72 bits per heavy atom. The van der Waals surface area contributed by atoms with E-state index >= 15 is 0 Å². The summed E-state index contributed by atoms with van der Waals surface area (Å²) in [6.45, 7) is 10.1. The lowest BCUT2D eigenvalue weighted by atomic mass is 9.88. The predicted molar refractivity (Wildman–Crippen MR) is 75.8 cm³/mol. The Balaban J connectivity index is 1.92. The average Bonchev–Trinajstić information content (AvgIpc) is 2.78. The molecule has 1 aromatic heterocycles. The second-order valence-electron chi connectivity index (χ2n) is 6.04. The average molecular weight is 268 g/mol. The molecule has 1 aliphatic rings. The Hall–Kier alpha value is -0.520. The molecule has 1 aromatic rings. The van der Waals surface area contributed by atoms with E-state index in [9.17, 15) is 0 Å². The zero-order valence-electron chi connectivity index (χ0n) is 12.1. The van der Waals surface area contributed by atoms with E-state index in [1.54, 1.807) is 0 Å². The summed E-state index contributed by atoms with van der Waals surface area (Å²) in [7, 11) is 4.44. The van der Waals surface area contributed by atoms with Gasteiger partial charge in [0.2, 0.25) is 0 Å². The second kappa shape index (κ2) is 5.23. The van der Waals surface area contributed by atoms with Crippen LogP contribution < -0.4 is 0 Å². The minimum absolute atomic E-state index is 0.315. The number of rotatable bonds is 4. The smallest absolute Gasteiger partial charge is 0.0769 e. The highest BCUT2D eigenvalue weighted by Gasteiger charge is 2.39. The van der Waals surface area contributed by atoms with Crippen LogP contribution in [0.3, 0.4) is 0 Å². The molecule has 2 rings (SSSR count). The zero-order chi connectivity index (χ0) is 13.3. The van der Waals surface area contributed by atoms with Gasteiger partial charge in [-0.25, -0.2) is 0 Å². The van der Waals surface area contributed by atoms with Crippen LogP contribution in [0.2, 0.25) is 0 Å². The van der Waals surface area contributed by atoms with Gasteiger partial charge in [-0.1, -0.05) is 4.49 Å². The van der Waals surface area contributed by atoms with Gasteiger partial charge in [0.15, 0.2) is 0 Å². The van der Waals surface area contributed by atoms with Crippen LogP contribution in [-0.4, -0.2) is 52.1 Å². The van der Waals surface area contributed by atoms with Gasteiger partial charge in [0.1, 0.15) is 0 Å². The van der Waals surface area contributed by atoms with Crippen LogP contribution in [0.1, 0.15) is 30.8 Å². The molecule has 1 fully saturated rings. The molecule has 0 unspecified atom stereocenters. The Morgan fingerprint density at radius 2 is 2.22 bits per heavy atom. The van der Waals surface area contributed by atoms with E-state index in [2.05, 4.69) is 47.3 Å². The lowest BCUT2D eigenvalue weighted by Crippen LogP contribution is -2.43. The second-order valence-corrected chi connectivity index (χ2v) is 6.88. The van der Waals surface area contributed by atoms with Crippen LogP contribution in [0.25, 0.3) is 0 Å². The third-order valence-corrected chi connectivity index (χ3v) is 5.30. The number of aryl methyl sites for hydroxylation is 1. The van der Waals surface area contributed by atoms with Gasteiger partial charge in [0.25, 0.3) is 0 Å². The summed E-state index contributed by atoms with van der Waals surface area (Å²) >= 11 is 1.52. The maximum absolute atomic E-state index is 4.08. The van der Waals surface area contributed by atoms with Gasteiger partial charge < -0.3 is 9.80 Å². The van der Waals surface area contributed by atoms with E-state index in [0.717, 1.165) is 24.7 Å². The van der Waals surface area contributed by atoms with Crippen LogP contribution in [-0.2, 0) is 6.54 Å². The van der Waals surface area contributed by atoms with Crippen molar-refractivity contribution in [1.82, 2.24) is 19.4 Å². The van der Waals surface area contributed by atoms with Crippen molar-refractivity contribution < 1.29 is 0 Å². The van der Waals surface area contributed by atoms with Crippen molar-refractivity contribution in [2.45, 2.75) is 39.3 Å². The number of hydrogen-bond donors (Lipinski definition) is 0. The largest absolute Gasteiger partial charge is 0.301 e. The quantitative estimate of drug-likeness (QED) is 0.836. The van der Waals surface area contributed by atoms with Crippen molar-refractivity contribution in [3.8, 4) is 0 Å². The van der Waals surface area contributed by atoms with Crippen LogP contribution >= 0.6 is 11.5 Å². The zero-order valence-corrected chi connectivity index (χ0v) is 12.9. The maximum atomic E-state index is 4.08. The number of hydrogen-bond acceptors (Lipinski definition) is 5. The van der Waals surface area contributed by atoms with Gasteiger partial charge in [-0.15, -0.1) is 5.10 Å². The fraction of sp³-hybridized carbons (Fsp3) is 0.846. The first-order valence-electron chi connectivity index (χ1n) is 6.59. The molecule has 2 heterocycles. The summed E-state index contributed by atoms with van der Waals surface area (Å²) in [5.41, 5.74) is 1.39. The first-order valence-corrected chi connectivity index (χ1v) is 7.36. The van der Waals surface area contributed by atoms with Gasteiger partial charge in [-0.2, -0.15) is 0 Å². The van der Waals surface area contributed by atoms with Crippen LogP contribution in [0.15, 0.2) is 0 Å². The lowest BCUT2D eigenvalue weighted by molar-refractivity contribution is 0.140. The standard InChI is InChI=1S/C13H24N4S/c1-10-12(18-15-14-10)9-16(4)8-11-6-7-17(5)13(11,2)3/h11H,6-9H2,1-5H3/t11-/m0/s1. The topological polar surface area (TPSA) is 32.3 Å². The highest BCUT2D eigenvalue weighted by Crippen LogP contribution is 2.33. The van der Waals surface area contributed by atoms with Gasteiger partial charge in [-0.3, -0.25) is 0 Å². The summed E-state index contributed by atoms with van der Waals surface area (Å²) in [6, 6.07) is 0. The number of likely N-dealkylation sites (tertiary alicyclic amines) is 1. The van der Waals surface area contributed by atoms with Crippen LogP contribution in [0.5, 0.6) is 0 Å². The van der Waals surface area contributed by atoms with E-state index in [4.69, 9.17) is 0 Å². The molecule has 0 N–H and O–H groups in total. The Kier molecular flexibility index (Phi) is 4.04. The van der Waals surface area contributed by atoms with Gasteiger partial charge >= 0.3 is 0 Å². The first-order chi connectivity index (χ1) is 8.41. The highest BCUT2D eigenvalue weighted by molar-refractivity contribution is 7.05. The Labute approximate surface area is 114 Å². The summed E-state index contributed by atoms with van der Waals surface area (Å²) in [5.74, 6) is 0.744. The monoisotopic (exact) mass is 268 g/mol. The minimum atomic E-state index is 0.315. The number of nitrogens with zero attached hydrogens (tertiary/aromatic N) is 4. The highest BCUT2D eigenvalue weighted by atomic mass is 32.1. The molecule has 1 aliphatic heterocycles. The molecule has 0 amide bonds. The molecule has 4 nitrogen and oxygen atoms in total. The number of aromatic nitrogens is 2. The van der Waals surface area contributed by atoms with Crippen LogP contribution in [0, 0.1) is 12.8 Å². The van der Waals surface area contributed by atoms with Crippen LogP contribution in [0.4, 0.5) is 0 Å². The van der Waals surface area contributed by atoms with Crippen molar-refractivity contribution >= 4 is 11.5 Å². The molecule has 5 heteroatoms. The molecule has 1 atom stereocenters. The van der Waals surface area contributed by atoms with Gasteiger partial charge in [0, 0.05) is 18.6 Å². The lowest BCUT2D eigenvalue weighted by Gasteiger charge is -2.35. The van der Waals surface area contributed by atoms with Crippen molar-refractivity contribution in [1.29, 1.82) is 0 Å². The molecule has 0 aromatic carbocycles. The molecular formula is C13H24N4S. The van der Waals surface area contributed by atoms with E-state index in [-0.39, 0.29) is 0 Å². The van der Waals surface area contributed by atoms with Gasteiger partial charge in [-0.05, 0) is 65.3 Å². The normalized spacial score (nSPS) is 24.0. The molecule has 0 bridgehead atoms. The van der Waals surface area contributed by atoms with E-state index in [1.165, 1.54) is 29.4 Å². The Bertz CT molecular complexity index is 401. The summed E-state index contributed by atoms with van der Waals surface area (Å²) in [5, 5.41) is 4.08. The molecule has 0 spiro atoms. The molecule has 0 aliphatic carbocycles. The molecular weight excluding hydrogens is 244 g/mol. The molecule has 0 saturated carbocycles. The van der Waals surface area contributed by atoms with E-state index < -0.39 is 0 Å². The SMILES string of the molecule is Cc1nnsc1CN(C)C[C@@H]1CCN(C)C1(C)C. The third-order valence-electron chi connectivity index (χ3n) is 4.49. The molecule has 1 saturated heterocycles. The molecule has 18 heavy (non-hydrogen) atoms. The summed E-state index contributed by atoms with van der Waals surface area (Å²) < 4.78 is 4.00. The van der Waals surface area contributed by atoms with Gasteiger partial charge in [0.05, 0.1) is 10.6 Å².